The minimum Gasteiger partial charge on any atom is -0.350 e. The Labute approximate surface area is 80.3 Å². The molecule has 1 rings (SSSR count). The Morgan fingerprint density at radius 3 is 2.77 bits per heavy atom. The smallest absolute Gasteiger partial charge is 0.220 e. The van der Waals surface area contributed by atoms with Gasteiger partial charge in [0.2, 0.25) is 5.91 Å². The largest absolute Gasteiger partial charge is 0.350 e. The van der Waals surface area contributed by atoms with Crippen molar-refractivity contribution in [3.63, 3.8) is 0 Å². The van der Waals surface area contributed by atoms with E-state index < -0.39 is 0 Å². The number of carbonyl (C=O) groups excluding carboxylic acids is 1. The highest BCUT2D eigenvalue weighted by Crippen LogP contribution is 2.13. The molecule has 1 fully saturated rings. The summed E-state index contributed by atoms with van der Waals surface area (Å²) in [5, 5.41) is 6.34. The highest BCUT2D eigenvalue weighted by Gasteiger charge is 2.29. The standard InChI is InChI=1S/C10H20N2O/c1-8(2)6-9(13)12-10(3)4-5-11-7-10/h8,11H,4-7H2,1-3H3,(H,12,13). The summed E-state index contributed by atoms with van der Waals surface area (Å²) in [4.78, 5) is 11.5. The molecular formula is C10H20N2O. The maximum Gasteiger partial charge on any atom is 0.220 e. The predicted octanol–water partition coefficient (Wildman–Crippen LogP) is 0.901. The topological polar surface area (TPSA) is 41.1 Å². The van der Waals surface area contributed by atoms with Gasteiger partial charge in [-0.05, 0) is 25.8 Å². The normalized spacial score (nSPS) is 28.0. The van der Waals surface area contributed by atoms with Crippen LogP contribution < -0.4 is 10.6 Å². The highest BCUT2D eigenvalue weighted by molar-refractivity contribution is 5.77. The number of nitrogens with one attached hydrogen (secondary N) is 2. The molecule has 0 saturated carbocycles. The Kier molecular flexibility index (Phi) is 3.31. The molecule has 1 saturated heterocycles. The van der Waals surface area contributed by atoms with Gasteiger partial charge in [-0.1, -0.05) is 13.8 Å². The summed E-state index contributed by atoms with van der Waals surface area (Å²) in [6.45, 7) is 8.14. The molecule has 3 heteroatoms. The quantitative estimate of drug-likeness (QED) is 0.684. The van der Waals surface area contributed by atoms with E-state index in [1.165, 1.54) is 0 Å². The fraction of sp³-hybridized carbons (Fsp3) is 0.900. The Hall–Kier alpha value is -0.570. The molecule has 0 aliphatic carbocycles. The molecule has 2 N–H and O–H groups in total. The van der Waals surface area contributed by atoms with Gasteiger partial charge in [0.15, 0.2) is 0 Å². The molecule has 1 aliphatic rings. The molecule has 1 atom stereocenters. The highest BCUT2D eigenvalue weighted by atomic mass is 16.1. The number of hydrogen-bond acceptors (Lipinski definition) is 2. The van der Waals surface area contributed by atoms with Gasteiger partial charge in [0.05, 0.1) is 5.54 Å². The SMILES string of the molecule is CC(C)CC(=O)NC1(C)CCNC1. The third-order valence-corrected chi connectivity index (χ3v) is 2.40. The van der Waals surface area contributed by atoms with Gasteiger partial charge in [0.25, 0.3) is 0 Å². The Balaban J connectivity index is 2.34. The summed E-state index contributed by atoms with van der Waals surface area (Å²) in [5.74, 6) is 0.624. The molecule has 1 unspecified atom stereocenters. The van der Waals surface area contributed by atoms with Crippen molar-refractivity contribution in [1.29, 1.82) is 0 Å². The fourth-order valence-corrected chi connectivity index (χ4v) is 1.68. The van der Waals surface area contributed by atoms with E-state index in [4.69, 9.17) is 0 Å². The number of hydrogen-bond donors (Lipinski definition) is 2. The first kappa shape index (κ1) is 10.5. The van der Waals surface area contributed by atoms with E-state index in [2.05, 4.69) is 31.4 Å². The second-order valence-electron chi connectivity index (χ2n) is 4.63. The summed E-state index contributed by atoms with van der Waals surface area (Å²) in [6.07, 6.45) is 1.67. The summed E-state index contributed by atoms with van der Waals surface area (Å²) in [6, 6.07) is 0. The molecule has 3 nitrogen and oxygen atoms in total. The average molecular weight is 184 g/mol. The molecular weight excluding hydrogens is 164 g/mol. The summed E-state index contributed by atoms with van der Waals surface area (Å²) < 4.78 is 0. The molecule has 0 aromatic heterocycles. The van der Waals surface area contributed by atoms with E-state index in [1.807, 2.05) is 0 Å². The lowest BCUT2D eigenvalue weighted by Gasteiger charge is -2.24. The van der Waals surface area contributed by atoms with Crippen molar-refractivity contribution < 1.29 is 4.79 Å². The van der Waals surface area contributed by atoms with Crippen molar-refractivity contribution in [2.45, 2.75) is 39.2 Å². The van der Waals surface area contributed by atoms with Crippen LogP contribution in [0, 0.1) is 5.92 Å². The summed E-state index contributed by atoms with van der Waals surface area (Å²) in [7, 11) is 0. The van der Waals surface area contributed by atoms with Crippen LogP contribution in [0.25, 0.3) is 0 Å². The second kappa shape index (κ2) is 4.09. The molecule has 76 valence electrons. The molecule has 13 heavy (non-hydrogen) atoms. The second-order valence-corrected chi connectivity index (χ2v) is 4.63. The predicted molar refractivity (Wildman–Crippen MR) is 53.5 cm³/mol. The average Bonchev–Trinajstić information content (AvgIpc) is 2.33. The first-order valence-corrected chi connectivity index (χ1v) is 5.03. The van der Waals surface area contributed by atoms with E-state index in [-0.39, 0.29) is 11.4 Å². The zero-order valence-corrected chi connectivity index (χ0v) is 8.81. The van der Waals surface area contributed by atoms with Gasteiger partial charge in [0, 0.05) is 13.0 Å². The Morgan fingerprint density at radius 1 is 1.62 bits per heavy atom. The molecule has 0 aromatic rings. The Morgan fingerprint density at radius 2 is 2.31 bits per heavy atom. The maximum absolute atomic E-state index is 11.5. The van der Waals surface area contributed by atoms with Crippen LogP contribution in [0.2, 0.25) is 0 Å². The first-order chi connectivity index (χ1) is 6.02. The Bertz CT molecular complexity index is 183. The van der Waals surface area contributed by atoms with E-state index >= 15 is 0 Å². The van der Waals surface area contributed by atoms with Crippen LogP contribution in [0.1, 0.15) is 33.6 Å². The van der Waals surface area contributed by atoms with Crippen molar-refractivity contribution >= 4 is 5.91 Å². The molecule has 0 radical (unpaired) electrons. The molecule has 1 heterocycles. The van der Waals surface area contributed by atoms with Crippen molar-refractivity contribution in [3.8, 4) is 0 Å². The third-order valence-electron chi connectivity index (χ3n) is 2.40. The van der Waals surface area contributed by atoms with Crippen LogP contribution >= 0.6 is 0 Å². The van der Waals surface area contributed by atoms with Crippen molar-refractivity contribution in [2.24, 2.45) is 5.92 Å². The van der Waals surface area contributed by atoms with Crippen molar-refractivity contribution in [2.75, 3.05) is 13.1 Å². The third kappa shape index (κ3) is 3.35. The zero-order valence-electron chi connectivity index (χ0n) is 8.81. The van der Waals surface area contributed by atoms with Gasteiger partial charge < -0.3 is 10.6 Å². The van der Waals surface area contributed by atoms with Crippen LogP contribution in [0.4, 0.5) is 0 Å². The maximum atomic E-state index is 11.5. The fourth-order valence-electron chi connectivity index (χ4n) is 1.68. The molecule has 0 bridgehead atoms. The minimum atomic E-state index is -0.00796. The zero-order chi connectivity index (χ0) is 9.90. The lowest BCUT2D eigenvalue weighted by molar-refractivity contribution is -0.123. The van der Waals surface area contributed by atoms with Crippen LogP contribution in [0.15, 0.2) is 0 Å². The van der Waals surface area contributed by atoms with Crippen molar-refractivity contribution in [3.05, 3.63) is 0 Å². The molecule has 0 spiro atoms. The van der Waals surface area contributed by atoms with Crippen LogP contribution in [0.3, 0.4) is 0 Å². The minimum absolute atomic E-state index is 0.00796. The van der Waals surface area contributed by atoms with E-state index in [1.54, 1.807) is 0 Å². The summed E-state index contributed by atoms with van der Waals surface area (Å²) in [5.41, 5.74) is -0.00796. The number of amides is 1. The van der Waals surface area contributed by atoms with E-state index in [0.29, 0.717) is 12.3 Å². The van der Waals surface area contributed by atoms with E-state index in [9.17, 15) is 4.79 Å². The van der Waals surface area contributed by atoms with E-state index in [0.717, 1.165) is 19.5 Å². The number of carbonyl (C=O) groups is 1. The van der Waals surface area contributed by atoms with Crippen LogP contribution in [-0.4, -0.2) is 24.5 Å². The van der Waals surface area contributed by atoms with Gasteiger partial charge >= 0.3 is 0 Å². The molecule has 1 aliphatic heterocycles. The van der Waals surface area contributed by atoms with Crippen molar-refractivity contribution in [1.82, 2.24) is 10.6 Å². The monoisotopic (exact) mass is 184 g/mol. The number of rotatable bonds is 3. The lowest BCUT2D eigenvalue weighted by Crippen LogP contribution is -2.47. The first-order valence-electron chi connectivity index (χ1n) is 5.03. The van der Waals surface area contributed by atoms with Gasteiger partial charge in [-0.2, -0.15) is 0 Å². The molecule has 0 aromatic carbocycles. The van der Waals surface area contributed by atoms with Gasteiger partial charge in [-0.3, -0.25) is 4.79 Å². The summed E-state index contributed by atoms with van der Waals surface area (Å²) >= 11 is 0. The molecule has 1 amide bonds. The van der Waals surface area contributed by atoms with Gasteiger partial charge in [-0.15, -0.1) is 0 Å². The van der Waals surface area contributed by atoms with Crippen LogP contribution in [-0.2, 0) is 4.79 Å². The van der Waals surface area contributed by atoms with Gasteiger partial charge in [0.1, 0.15) is 0 Å². The van der Waals surface area contributed by atoms with Crippen LogP contribution in [0.5, 0.6) is 0 Å². The van der Waals surface area contributed by atoms with Gasteiger partial charge in [-0.25, -0.2) is 0 Å². The lowest BCUT2D eigenvalue weighted by atomic mass is 10.0.